The van der Waals surface area contributed by atoms with Gasteiger partial charge in [0, 0.05) is 18.4 Å². The fourth-order valence-electron chi connectivity index (χ4n) is 2.09. The van der Waals surface area contributed by atoms with E-state index in [0.717, 1.165) is 28.7 Å². The largest absolute Gasteiger partial charge is 0.383 e. The van der Waals surface area contributed by atoms with Crippen LogP contribution in [-0.2, 0) is 4.74 Å². The third kappa shape index (κ3) is 3.58. The Labute approximate surface area is 118 Å². The second kappa shape index (κ2) is 6.73. The molecule has 0 amide bonds. The second-order valence-electron chi connectivity index (χ2n) is 4.62. The molecule has 0 fully saturated rings. The van der Waals surface area contributed by atoms with Gasteiger partial charge in [-0.2, -0.15) is 0 Å². The summed E-state index contributed by atoms with van der Waals surface area (Å²) in [6, 6.07) is 10.5. The maximum absolute atomic E-state index is 5.82. The molecule has 1 aromatic heterocycles. The van der Waals surface area contributed by atoms with Gasteiger partial charge in [-0.15, -0.1) is 11.6 Å². The summed E-state index contributed by atoms with van der Waals surface area (Å²) >= 11 is 5.82. The lowest BCUT2D eigenvalue weighted by Gasteiger charge is -2.19. The maximum atomic E-state index is 5.82. The Balaban J connectivity index is 2.25. The van der Waals surface area contributed by atoms with Gasteiger partial charge in [0.15, 0.2) is 0 Å². The fourth-order valence-corrected chi connectivity index (χ4v) is 2.35. The molecule has 0 saturated carbocycles. The van der Waals surface area contributed by atoms with Gasteiger partial charge in [0.05, 0.1) is 18.2 Å². The van der Waals surface area contributed by atoms with Gasteiger partial charge >= 0.3 is 0 Å². The van der Waals surface area contributed by atoms with Crippen LogP contribution in [0.4, 0.5) is 5.82 Å². The first-order chi connectivity index (χ1) is 9.24. The summed E-state index contributed by atoms with van der Waals surface area (Å²) in [5, 5.41) is 4.58. The van der Waals surface area contributed by atoms with Gasteiger partial charge in [-0.05, 0) is 31.0 Å². The lowest BCUT2D eigenvalue weighted by Crippen LogP contribution is -2.26. The summed E-state index contributed by atoms with van der Waals surface area (Å²) in [5.74, 6) is 1.51. The number of alkyl halides is 1. The van der Waals surface area contributed by atoms with E-state index in [1.165, 1.54) is 0 Å². The molecule has 2 aromatic rings. The summed E-state index contributed by atoms with van der Waals surface area (Å²) in [5.41, 5.74) is 2.13. The van der Waals surface area contributed by atoms with Crippen molar-refractivity contribution in [3.63, 3.8) is 0 Å². The second-order valence-corrected chi connectivity index (χ2v) is 5.00. The molecule has 4 heteroatoms. The molecular formula is C15H19ClN2O. The van der Waals surface area contributed by atoms with E-state index in [9.17, 15) is 0 Å². The van der Waals surface area contributed by atoms with E-state index < -0.39 is 0 Å². The number of hydrogen-bond donors (Lipinski definition) is 1. The number of nitrogens with one attached hydrogen (secondary N) is 1. The Bertz CT molecular complexity index is 539. The van der Waals surface area contributed by atoms with Crippen molar-refractivity contribution in [2.75, 3.05) is 24.9 Å². The molecule has 1 N–H and O–H groups in total. The summed E-state index contributed by atoms with van der Waals surface area (Å²) in [7, 11) is 1.70. The normalized spacial score (nSPS) is 12.6. The van der Waals surface area contributed by atoms with Crippen molar-refractivity contribution in [1.29, 1.82) is 0 Å². The molecule has 0 bridgehead atoms. The standard InChI is InChI=1S/C15H19ClN2O/c1-11-9-12-5-3-4-6-14(12)18-15(11)17-13(7-8-16)10-19-2/h3-6,9,13H,7-8,10H2,1-2H3,(H,17,18). The molecule has 1 atom stereocenters. The molecule has 0 aliphatic rings. The van der Waals surface area contributed by atoms with Gasteiger partial charge in [0.1, 0.15) is 5.82 Å². The third-order valence-electron chi connectivity index (χ3n) is 3.08. The highest BCUT2D eigenvalue weighted by Crippen LogP contribution is 2.20. The first-order valence-electron chi connectivity index (χ1n) is 6.42. The number of rotatable bonds is 6. The van der Waals surface area contributed by atoms with Crippen LogP contribution in [0.5, 0.6) is 0 Å². The maximum Gasteiger partial charge on any atom is 0.129 e. The lowest BCUT2D eigenvalue weighted by molar-refractivity contribution is 0.184. The lowest BCUT2D eigenvalue weighted by atomic mass is 10.1. The topological polar surface area (TPSA) is 34.1 Å². The monoisotopic (exact) mass is 278 g/mol. The van der Waals surface area contributed by atoms with Crippen LogP contribution < -0.4 is 5.32 Å². The number of anilines is 1. The first-order valence-corrected chi connectivity index (χ1v) is 6.96. The number of fused-ring (bicyclic) bond motifs is 1. The summed E-state index contributed by atoms with van der Waals surface area (Å²) in [4.78, 5) is 4.67. The van der Waals surface area contributed by atoms with Crippen LogP contribution in [0.15, 0.2) is 30.3 Å². The number of nitrogens with zero attached hydrogens (tertiary/aromatic N) is 1. The molecule has 0 aliphatic carbocycles. The molecular weight excluding hydrogens is 260 g/mol. The average Bonchev–Trinajstić information content (AvgIpc) is 2.40. The first kappa shape index (κ1) is 14.1. The van der Waals surface area contributed by atoms with E-state index in [1.54, 1.807) is 7.11 Å². The van der Waals surface area contributed by atoms with Crippen LogP contribution in [-0.4, -0.2) is 30.6 Å². The highest BCUT2D eigenvalue weighted by atomic mass is 35.5. The molecule has 0 spiro atoms. The zero-order valence-corrected chi connectivity index (χ0v) is 12.1. The zero-order valence-electron chi connectivity index (χ0n) is 11.3. The molecule has 0 aliphatic heterocycles. The summed E-state index contributed by atoms with van der Waals surface area (Å²) in [6.45, 7) is 2.69. The number of halogens is 1. The van der Waals surface area contributed by atoms with E-state index in [4.69, 9.17) is 16.3 Å². The third-order valence-corrected chi connectivity index (χ3v) is 3.30. The smallest absolute Gasteiger partial charge is 0.129 e. The van der Waals surface area contributed by atoms with Gasteiger partial charge in [-0.1, -0.05) is 18.2 Å². The summed E-state index contributed by atoms with van der Waals surface area (Å²) < 4.78 is 5.21. The van der Waals surface area contributed by atoms with Crippen molar-refractivity contribution in [3.05, 3.63) is 35.9 Å². The van der Waals surface area contributed by atoms with Crippen molar-refractivity contribution in [3.8, 4) is 0 Å². The minimum Gasteiger partial charge on any atom is -0.383 e. The van der Waals surface area contributed by atoms with Crippen LogP contribution in [0.25, 0.3) is 10.9 Å². The van der Waals surface area contributed by atoms with Gasteiger partial charge < -0.3 is 10.1 Å². The Hall–Kier alpha value is -1.32. The Kier molecular flexibility index (Phi) is 5.00. The molecule has 1 aromatic carbocycles. The highest BCUT2D eigenvalue weighted by Gasteiger charge is 2.10. The number of aryl methyl sites for hydroxylation is 1. The number of pyridine rings is 1. The SMILES string of the molecule is COCC(CCCl)Nc1nc2ccccc2cc1C. The van der Waals surface area contributed by atoms with Crippen molar-refractivity contribution < 1.29 is 4.74 Å². The van der Waals surface area contributed by atoms with Crippen molar-refractivity contribution in [2.45, 2.75) is 19.4 Å². The highest BCUT2D eigenvalue weighted by molar-refractivity contribution is 6.17. The van der Waals surface area contributed by atoms with E-state index in [2.05, 4.69) is 29.4 Å². The van der Waals surface area contributed by atoms with E-state index in [0.29, 0.717) is 12.5 Å². The number of ether oxygens (including phenoxy) is 1. The van der Waals surface area contributed by atoms with Crippen LogP contribution in [0.2, 0.25) is 0 Å². The van der Waals surface area contributed by atoms with Crippen molar-refractivity contribution >= 4 is 28.3 Å². The number of benzene rings is 1. The van der Waals surface area contributed by atoms with E-state index >= 15 is 0 Å². The van der Waals surface area contributed by atoms with Gasteiger partial charge in [-0.25, -0.2) is 4.98 Å². The van der Waals surface area contributed by atoms with Crippen molar-refractivity contribution in [2.24, 2.45) is 0 Å². The summed E-state index contributed by atoms with van der Waals surface area (Å²) in [6.07, 6.45) is 0.851. The molecule has 1 unspecified atom stereocenters. The zero-order chi connectivity index (χ0) is 13.7. The Morgan fingerprint density at radius 2 is 2.16 bits per heavy atom. The fraction of sp³-hybridized carbons (Fsp3) is 0.400. The minimum absolute atomic E-state index is 0.190. The molecule has 1 heterocycles. The molecule has 19 heavy (non-hydrogen) atoms. The predicted molar refractivity (Wildman–Crippen MR) is 81.1 cm³/mol. The van der Waals surface area contributed by atoms with Crippen LogP contribution >= 0.6 is 11.6 Å². The van der Waals surface area contributed by atoms with Gasteiger partial charge in [0.25, 0.3) is 0 Å². The van der Waals surface area contributed by atoms with Crippen LogP contribution in [0.3, 0.4) is 0 Å². The quantitative estimate of drug-likeness (QED) is 0.820. The molecule has 0 radical (unpaired) electrons. The van der Waals surface area contributed by atoms with Crippen LogP contribution in [0.1, 0.15) is 12.0 Å². The Morgan fingerprint density at radius 1 is 1.37 bits per heavy atom. The van der Waals surface area contributed by atoms with E-state index in [-0.39, 0.29) is 6.04 Å². The van der Waals surface area contributed by atoms with Gasteiger partial charge in [0.2, 0.25) is 0 Å². The van der Waals surface area contributed by atoms with Crippen molar-refractivity contribution in [1.82, 2.24) is 4.98 Å². The minimum atomic E-state index is 0.190. The molecule has 0 saturated heterocycles. The number of aromatic nitrogens is 1. The number of hydrogen-bond acceptors (Lipinski definition) is 3. The van der Waals surface area contributed by atoms with E-state index in [1.807, 2.05) is 18.2 Å². The average molecular weight is 279 g/mol. The Morgan fingerprint density at radius 3 is 2.89 bits per heavy atom. The number of para-hydroxylation sites is 1. The van der Waals surface area contributed by atoms with Gasteiger partial charge in [-0.3, -0.25) is 0 Å². The number of methoxy groups -OCH3 is 1. The predicted octanol–water partition coefficient (Wildman–Crippen LogP) is 3.60. The molecule has 3 nitrogen and oxygen atoms in total. The van der Waals surface area contributed by atoms with Crippen LogP contribution in [0, 0.1) is 6.92 Å². The molecule has 102 valence electrons. The molecule has 2 rings (SSSR count).